The molecule has 1 amide bonds. The van der Waals surface area contributed by atoms with E-state index in [0.717, 1.165) is 49.2 Å². The van der Waals surface area contributed by atoms with Gasteiger partial charge in [0.1, 0.15) is 13.2 Å². The smallest absolute Gasteiger partial charge is 0.224 e. The van der Waals surface area contributed by atoms with Crippen molar-refractivity contribution in [3.8, 4) is 11.5 Å². The Morgan fingerprint density at radius 2 is 1.93 bits per heavy atom. The molecule has 0 radical (unpaired) electrons. The summed E-state index contributed by atoms with van der Waals surface area (Å²) in [7, 11) is 1.82. The summed E-state index contributed by atoms with van der Waals surface area (Å²) >= 11 is 0. The van der Waals surface area contributed by atoms with Crippen LogP contribution in [0.4, 0.5) is 0 Å². The van der Waals surface area contributed by atoms with Gasteiger partial charge in [0, 0.05) is 26.6 Å². The van der Waals surface area contributed by atoms with Crippen LogP contribution < -0.4 is 9.47 Å². The third-order valence-electron chi connectivity index (χ3n) is 5.64. The van der Waals surface area contributed by atoms with Crippen LogP contribution in [0.3, 0.4) is 0 Å². The monoisotopic (exact) mass is 416 g/mol. The molecule has 1 fully saturated rings. The number of aromatic nitrogens is 4. The lowest BCUT2D eigenvalue weighted by atomic mass is 10.1. The Kier molecular flexibility index (Phi) is 6.44. The Bertz CT molecular complexity index is 867. The van der Waals surface area contributed by atoms with Gasteiger partial charge in [-0.05, 0) is 35.0 Å². The highest BCUT2D eigenvalue weighted by Gasteiger charge is 2.21. The molecule has 1 saturated heterocycles. The van der Waals surface area contributed by atoms with Gasteiger partial charge in [-0.25, -0.2) is 4.68 Å². The van der Waals surface area contributed by atoms with Crippen molar-refractivity contribution in [2.24, 2.45) is 0 Å². The lowest BCUT2D eigenvalue weighted by Gasteiger charge is -2.27. The third kappa shape index (κ3) is 4.71. The van der Waals surface area contributed by atoms with E-state index in [2.05, 4.69) is 20.4 Å². The van der Waals surface area contributed by atoms with Crippen LogP contribution in [0.25, 0.3) is 0 Å². The van der Waals surface area contributed by atoms with Gasteiger partial charge in [0.05, 0.1) is 32.3 Å². The Hall–Kier alpha value is -2.72. The molecule has 10 nitrogen and oxygen atoms in total. The summed E-state index contributed by atoms with van der Waals surface area (Å²) in [4.78, 5) is 16.8. The summed E-state index contributed by atoms with van der Waals surface area (Å²) in [6.07, 6.45) is 0.326. The number of rotatable bonds is 7. The Morgan fingerprint density at radius 3 is 2.73 bits per heavy atom. The second-order valence-electron chi connectivity index (χ2n) is 7.54. The quantitative estimate of drug-likeness (QED) is 0.657. The number of aryl methyl sites for hydroxylation is 1. The van der Waals surface area contributed by atoms with Gasteiger partial charge < -0.3 is 19.1 Å². The molecule has 1 aromatic heterocycles. The first-order chi connectivity index (χ1) is 14.6. The van der Waals surface area contributed by atoms with Crippen LogP contribution in [0.15, 0.2) is 18.2 Å². The molecule has 0 aliphatic carbocycles. The zero-order valence-electron chi connectivity index (χ0n) is 17.5. The minimum Gasteiger partial charge on any atom is -0.486 e. The predicted octanol–water partition coefficient (Wildman–Crippen LogP) is 0.886. The normalized spacial score (nSPS) is 17.5. The van der Waals surface area contributed by atoms with Crippen LogP contribution in [-0.4, -0.2) is 82.5 Å². The standard InChI is InChI=1S/C20H28N6O4/c1-15(16-3-4-17-18(13-16)30-12-11-29-17)24(2)20(27)5-6-26-19(21-22-23-26)14-25-7-9-28-10-8-25/h3-4,13,15H,5-12,14H2,1-2H3/t15-/m0/s1. The van der Waals surface area contributed by atoms with Gasteiger partial charge in [0.25, 0.3) is 0 Å². The topological polar surface area (TPSA) is 94.8 Å². The van der Waals surface area contributed by atoms with Crippen molar-refractivity contribution < 1.29 is 19.0 Å². The minimum absolute atomic E-state index is 0.0326. The molecule has 2 aliphatic heterocycles. The maximum Gasteiger partial charge on any atom is 0.224 e. The van der Waals surface area contributed by atoms with Gasteiger partial charge in [-0.1, -0.05) is 6.07 Å². The molecule has 1 atom stereocenters. The van der Waals surface area contributed by atoms with Gasteiger partial charge in [-0.2, -0.15) is 0 Å². The number of carbonyl (C=O) groups excluding carboxylic acids is 1. The molecule has 0 unspecified atom stereocenters. The van der Waals surface area contributed by atoms with Crippen LogP contribution in [0.1, 0.15) is 30.8 Å². The number of morpholine rings is 1. The summed E-state index contributed by atoms with van der Waals surface area (Å²) in [5.41, 5.74) is 1.01. The van der Waals surface area contributed by atoms with E-state index in [-0.39, 0.29) is 11.9 Å². The van der Waals surface area contributed by atoms with E-state index in [1.54, 1.807) is 9.58 Å². The molecule has 30 heavy (non-hydrogen) atoms. The summed E-state index contributed by atoms with van der Waals surface area (Å²) in [5, 5.41) is 12.0. The zero-order chi connectivity index (χ0) is 20.9. The first kappa shape index (κ1) is 20.5. The van der Waals surface area contributed by atoms with Crippen molar-refractivity contribution >= 4 is 5.91 Å². The van der Waals surface area contributed by atoms with Crippen molar-refractivity contribution in [1.29, 1.82) is 0 Å². The highest BCUT2D eigenvalue weighted by molar-refractivity contribution is 5.76. The molecule has 0 saturated carbocycles. The zero-order valence-corrected chi connectivity index (χ0v) is 17.5. The van der Waals surface area contributed by atoms with Crippen molar-refractivity contribution in [2.75, 3.05) is 46.6 Å². The molecule has 1 aromatic carbocycles. The van der Waals surface area contributed by atoms with E-state index in [1.165, 1.54) is 0 Å². The highest BCUT2D eigenvalue weighted by Crippen LogP contribution is 2.33. The number of carbonyl (C=O) groups is 1. The molecule has 10 heteroatoms. The fourth-order valence-corrected chi connectivity index (χ4v) is 3.61. The van der Waals surface area contributed by atoms with Gasteiger partial charge in [-0.15, -0.1) is 5.10 Å². The SMILES string of the molecule is C[C@@H](c1ccc2c(c1)OCCO2)N(C)C(=O)CCn1nnnc1CN1CCOCC1. The van der Waals surface area contributed by atoms with Gasteiger partial charge in [0.15, 0.2) is 17.3 Å². The maximum absolute atomic E-state index is 12.8. The number of hydrogen-bond donors (Lipinski definition) is 0. The minimum atomic E-state index is -0.0879. The van der Waals surface area contributed by atoms with E-state index in [9.17, 15) is 4.79 Å². The predicted molar refractivity (Wildman–Crippen MR) is 107 cm³/mol. The van der Waals surface area contributed by atoms with Gasteiger partial charge in [0.2, 0.25) is 5.91 Å². The number of tetrazole rings is 1. The summed E-state index contributed by atoms with van der Waals surface area (Å²) in [6, 6.07) is 5.74. The fourth-order valence-electron chi connectivity index (χ4n) is 3.61. The lowest BCUT2D eigenvalue weighted by molar-refractivity contribution is -0.132. The summed E-state index contributed by atoms with van der Waals surface area (Å²) in [6.45, 7) is 7.39. The number of fused-ring (bicyclic) bond motifs is 1. The second kappa shape index (κ2) is 9.40. The number of nitrogens with zero attached hydrogens (tertiary/aromatic N) is 6. The lowest BCUT2D eigenvalue weighted by Crippen LogP contribution is -2.36. The van der Waals surface area contributed by atoms with Crippen LogP contribution in [-0.2, 0) is 22.6 Å². The largest absolute Gasteiger partial charge is 0.486 e. The van der Waals surface area contributed by atoms with Gasteiger partial charge >= 0.3 is 0 Å². The van der Waals surface area contributed by atoms with E-state index >= 15 is 0 Å². The van der Waals surface area contributed by atoms with Crippen molar-refractivity contribution in [3.05, 3.63) is 29.6 Å². The Labute approximate surface area is 175 Å². The molecule has 162 valence electrons. The number of benzene rings is 1. The molecule has 4 rings (SSSR count). The molecular formula is C20H28N6O4. The average molecular weight is 416 g/mol. The van der Waals surface area contributed by atoms with Crippen LogP contribution in [0.5, 0.6) is 11.5 Å². The van der Waals surface area contributed by atoms with E-state index in [4.69, 9.17) is 14.2 Å². The van der Waals surface area contributed by atoms with Gasteiger partial charge in [-0.3, -0.25) is 9.69 Å². The van der Waals surface area contributed by atoms with Crippen LogP contribution in [0, 0.1) is 0 Å². The first-order valence-electron chi connectivity index (χ1n) is 10.3. The van der Waals surface area contributed by atoms with Crippen molar-refractivity contribution in [3.63, 3.8) is 0 Å². The maximum atomic E-state index is 12.8. The fraction of sp³-hybridized carbons (Fsp3) is 0.600. The molecule has 2 aromatic rings. The second-order valence-corrected chi connectivity index (χ2v) is 7.54. The number of ether oxygens (including phenoxy) is 3. The van der Waals surface area contributed by atoms with Crippen molar-refractivity contribution in [2.45, 2.75) is 32.5 Å². The molecule has 0 N–H and O–H groups in total. The molecule has 2 aliphatic rings. The van der Waals surface area contributed by atoms with Crippen LogP contribution >= 0.6 is 0 Å². The van der Waals surface area contributed by atoms with Crippen LogP contribution in [0.2, 0.25) is 0 Å². The third-order valence-corrected chi connectivity index (χ3v) is 5.64. The van der Waals surface area contributed by atoms with Crippen molar-refractivity contribution in [1.82, 2.24) is 30.0 Å². The molecule has 0 bridgehead atoms. The molecule has 0 spiro atoms. The highest BCUT2D eigenvalue weighted by atomic mass is 16.6. The van der Waals surface area contributed by atoms with E-state index in [0.29, 0.717) is 32.7 Å². The molecule has 3 heterocycles. The van der Waals surface area contributed by atoms with E-state index in [1.807, 2.05) is 32.2 Å². The number of amides is 1. The molecular weight excluding hydrogens is 388 g/mol. The summed E-state index contributed by atoms with van der Waals surface area (Å²) in [5.74, 6) is 2.28. The number of hydrogen-bond acceptors (Lipinski definition) is 8. The Morgan fingerprint density at radius 1 is 1.17 bits per heavy atom. The summed E-state index contributed by atoms with van der Waals surface area (Å²) < 4.78 is 18.3. The first-order valence-corrected chi connectivity index (χ1v) is 10.3. The average Bonchev–Trinajstić information content (AvgIpc) is 3.23. The van der Waals surface area contributed by atoms with E-state index < -0.39 is 0 Å². The Balaban J connectivity index is 1.33.